The number of fused-ring (bicyclic) bond motifs is 3. The number of Topliss-reactive ketones (excluding diaryl/α,β-unsaturated/α-hetero) is 1. The average molecular weight is 358 g/mol. The standard InChI is InChI=1S/C19H22N2O5/c1-12(2)10-20-17(24)14-6-4-5-7-15(14)21-16(23)8-9-19(20,21)18(25)26-11-13(3)22/h4-7,12H,8-11H2,1-3H3. The van der Waals surface area contributed by atoms with Crippen molar-refractivity contribution >= 4 is 29.3 Å². The molecule has 0 spiro atoms. The number of hydrogen-bond donors (Lipinski definition) is 0. The third kappa shape index (κ3) is 2.67. The molecule has 2 aliphatic rings. The molecule has 1 aromatic carbocycles. The van der Waals surface area contributed by atoms with E-state index in [0.29, 0.717) is 17.8 Å². The zero-order valence-electron chi connectivity index (χ0n) is 15.2. The highest BCUT2D eigenvalue weighted by Gasteiger charge is 2.61. The van der Waals surface area contributed by atoms with Crippen LogP contribution in [0.3, 0.4) is 0 Å². The van der Waals surface area contributed by atoms with Crippen molar-refractivity contribution in [3.05, 3.63) is 29.8 Å². The predicted octanol–water partition coefficient (Wildman–Crippen LogP) is 1.75. The Morgan fingerprint density at radius 1 is 1.23 bits per heavy atom. The van der Waals surface area contributed by atoms with E-state index in [1.165, 1.54) is 16.7 Å². The van der Waals surface area contributed by atoms with Crippen LogP contribution in [0.5, 0.6) is 0 Å². The highest BCUT2D eigenvalue weighted by atomic mass is 16.5. The molecule has 1 atom stereocenters. The van der Waals surface area contributed by atoms with Gasteiger partial charge in [0.2, 0.25) is 11.6 Å². The number of nitrogens with zero attached hydrogens (tertiary/aromatic N) is 2. The van der Waals surface area contributed by atoms with Crippen molar-refractivity contribution in [2.24, 2.45) is 5.92 Å². The van der Waals surface area contributed by atoms with Crippen LogP contribution >= 0.6 is 0 Å². The van der Waals surface area contributed by atoms with Crippen LogP contribution in [0.15, 0.2) is 24.3 Å². The highest BCUT2D eigenvalue weighted by Crippen LogP contribution is 2.45. The highest BCUT2D eigenvalue weighted by molar-refractivity contribution is 6.15. The van der Waals surface area contributed by atoms with E-state index < -0.39 is 11.6 Å². The van der Waals surface area contributed by atoms with Crippen LogP contribution in [-0.2, 0) is 19.1 Å². The molecule has 0 radical (unpaired) electrons. The van der Waals surface area contributed by atoms with Gasteiger partial charge in [-0.25, -0.2) is 4.79 Å². The number of amides is 2. The van der Waals surface area contributed by atoms with E-state index in [4.69, 9.17) is 4.74 Å². The summed E-state index contributed by atoms with van der Waals surface area (Å²) in [5.74, 6) is -1.50. The van der Waals surface area contributed by atoms with Gasteiger partial charge in [-0.15, -0.1) is 0 Å². The number of rotatable bonds is 5. The first-order valence-electron chi connectivity index (χ1n) is 8.69. The number of esters is 1. The molecular formula is C19H22N2O5. The molecule has 3 rings (SSSR count). The van der Waals surface area contributed by atoms with E-state index in [9.17, 15) is 19.2 Å². The Kier molecular flexibility index (Phi) is 4.56. The molecular weight excluding hydrogens is 336 g/mol. The number of ether oxygens (including phenoxy) is 1. The molecule has 0 saturated carbocycles. The lowest BCUT2D eigenvalue weighted by molar-refractivity contribution is -0.159. The molecule has 1 unspecified atom stereocenters. The second-order valence-electron chi connectivity index (χ2n) is 7.15. The molecule has 138 valence electrons. The van der Waals surface area contributed by atoms with Crippen LogP contribution in [0, 0.1) is 5.92 Å². The molecule has 2 aliphatic heterocycles. The third-order valence-corrected chi connectivity index (χ3v) is 4.65. The van der Waals surface area contributed by atoms with Crippen molar-refractivity contribution in [2.75, 3.05) is 18.1 Å². The number of benzene rings is 1. The maximum Gasteiger partial charge on any atom is 0.354 e. The van der Waals surface area contributed by atoms with Crippen molar-refractivity contribution in [2.45, 2.75) is 39.3 Å². The van der Waals surface area contributed by atoms with Gasteiger partial charge in [0.1, 0.15) is 6.61 Å². The van der Waals surface area contributed by atoms with Crippen molar-refractivity contribution in [1.29, 1.82) is 0 Å². The van der Waals surface area contributed by atoms with Gasteiger partial charge in [0, 0.05) is 19.4 Å². The van der Waals surface area contributed by atoms with E-state index in [1.54, 1.807) is 24.3 Å². The molecule has 0 aromatic heterocycles. The topological polar surface area (TPSA) is 84.0 Å². The van der Waals surface area contributed by atoms with E-state index in [-0.39, 0.29) is 43.0 Å². The summed E-state index contributed by atoms with van der Waals surface area (Å²) in [6.45, 7) is 5.10. The zero-order valence-corrected chi connectivity index (χ0v) is 15.2. The number of ketones is 1. The maximum absolute atomic E-state index is 13.2. The Bertz CT molecular complexity index is 788. The fourth-order valence-corrected chi connectivity index (χ4v) is 3.65. The molecule has 1 fully saturated rings. The monoisotopic (exact) mass is 358 g/mol. The van der Waals surface area contributed by atoms with Crippen molar-refractivity contribution < 1.29 is 23.9 Å². The van der Waals surface area contributed by atoms with E-state index >= 15 is 0 Å². The van der Waals surface area contributed by atoms with Gasteiger partial charge < -0.3 is 9.64 Å². The average Bonchev–Trinajstić information content (AvgIpc) is 2.95. The quantitative estimate of drug-likeness (QED) is 0.749. The van der Waals surface area contributed by atoms with Gasteiger partial charge in [-0.05, 0) is 25.0 Å². The number of anilines is 1. The SMILES string of the molecule is CC(=O)COC(=O)C12CCC(=O)N1c1ccccc1C(=O)N2CC(C)C. The minimum atomic E-state index is -1.53. The summed E-state index contributed by atoms with van der Waals surface area (Å²) in [6.07, 6.45) is 0.279. The first-order chi connectivity index (χ1) is 12.3. The van der Waals surface area contributed by atoms with E-state index in [2.05, 4.69) is 0 Å². The Morgan fingerprint density at radius 2 is 1.92 bits per heavy atom. The summed E-state index contributed by atoms with van der Waals surface area (Å²) in [5.41, 5.74) is -0.722. The van der Waals surface area contributed by atoms with Crippen LogP contribution in [0.2, 0.25) is 0 Å². The number of hydrogen-bond acceptors (Lipinski definition) is 5. The van der Waals surface area contributed by atoms with Gasteiger partial charge in [-0.2, -0.15) is 0 Å². The molecule has 1 aromatic rings. The lowest BCUT2D eigenvalue weighted by atomic mass is 9.95. The molecule has 1 saturated heterocycles. The summed E-state index contributed by atoms with van der Waals surface area (Å²) >= 11 is 0. The van der Waals surface area contributed by atoms with Gasteiger partial charge in [0.25, 0.3) is 5.91 Å². The van der Waals surface area contributed by atoms with Gasteiger partial charge in [0.15, 0.2) is 5.78 Å². The Balaban J connectivity index is 2.16. The largest absolute Gasteiger partial charge is 0.455 e. The molecule has 7 nitrogen and oxygen atoms in total. The minimum absolute atomic E-state index is 0.0826. The zero-order chi connectivity index (χ0) is 19.1. The van der Waals surface area contributed by atoms with E-state index in [0.717, 1.165) is 0 Å². The van der Waals surface area contributed by atoms with Crippen LogP contribution in [0.1, 0.15) is 44.0 Å². The smallest absolute Gasteiger partial charge is 0.354 e. The van der Waals surface area contributed by atoms with Crippen molar-refractivity contribution in [3.8, 4) is 0 Å². The third-order valence-electron chi connectivity index (χ3n) is 4.65. The van der Waals surface area contributed by atoms with Gasteiger partial charge in [-0.3, -0.25) is 19.3 Å². The van der Waals surface area contributed by atoms with Crippen LogP contribution in [0.4, 0.5) is 5.69 Å². The van der Waals surface area contributed by atoms with Crippen LogP contribution < -0.4 is 4.90 Å². The van der Waals surface area contributed by atoms with Crippen molar-refractivity contribution in [3.63, 3.8) is 0 Å². The lowest BCUT2D eigenvalue weighted by Gasteiger charge is -2.48. The first-order valence-corrected chi connectivity index (χ1v) is 8.69. The molecule has 0 N–H and O–H groups in total. The summed E-state index contributed by atoms with van der Waals surface area (Å²) < 4.78 is 5.19. The predicted molar refractivity (Wildman–Crippen MR) is 93.4 cm³/mol. The second kappa shape index (κ2) is 6.55. The van der Waals surface area contributed by atoms with Gasteiger partial charge >= 0.3 is 5.97 Å². The molecule has 0 bridgehead atoms. The molecule has 2 heterocycles. The fraction of sp³-hybridized carbons (Fsp3) is 0.474. The number of carbonyl (C=O) groups is 4. The van der Waals surface area contributed by atoms with Crippen LogP contribution in [-0.4, -0.2) is 47.3 Å². The summed E-state index contributed by atoms with van der Waals surface area (Å²) in [5, 5.41) is 0. The molecule has 26 heavy (non-hydrogen) atoms. The fourth-order valence-electron chi connectivity index (χ4n) is 3.65. The Morgan fingerprint density at radius 3 is 2.58 bits per heavy atom. The van der Waals surface area contributed by atoms with Gasteiger partial charge in [-0.1, -0.05) is 26.0 Å². The molecule has 2 amide bonds. The first kappa shape index (κ1) is 18.1. The van der Waals surface area contributed by atoms with E-state index in [1.807, 2.05) is 13.8 Å². The Labute approximate surface area is 151 Å². The van der Waals surface area contributed by atoms with Gasteiger partial charge in [0.05, 0.1) is 11.3 Å². The summed E-state index contributed by atoms with van der Waals surface area (Å²) in [4.78, 5) is 53.0. The number of para-hydroxylation sites is 1. The number of carbonyl (C=O) groups excluding carboxylic acids is 4. The summed E-state index contributed by atoms with van der Waals surface area (Å²) in [6, 6.07) is 6.77. The van der Waals surface area contributed by atoms with Crippen molar-refractivity contribution in [1.82, 2.24) is 4.90 Å². The second-order valence-corrected chi connectivity index (χ2v) is 7.15. The normalized spacial score (nSPS) is 21.7. The van der Waals surface area contributed by atoms with Crippen LogP contribution in [0.25, 0.3) is 0 Å². The molecule has 0 aliphatic carbocycles. The molecule has 7 heteroatoms. The maximum atomic E-state index is 13.2. The minimum Gasteiger partial charge on any atom is -0.455 e. The summed E-state index contributed by atoms with van der Waals surface area (Å²) in [7, 11) is 0. The Hall–Kier alpha value is -2.70. The lowest BCUT2D eigenvalue weighted by Crippen LogP contribution is -2.69.